The first kappa shape index (κ1) is 14.2. The first-order chi connectivity index (χ1) is 8.49. The van der Waals surface area contributed by atoms with Crippen LogP contribution in [-0.2, 0) is 14.3 Å². The molecule has 1 amide bonds. The monoisotopic (exact) mass is 251 g/mol. The summed E-state index contributed by atoms with van der Waals surface area (Å²) in [7, 11) is 0. The van der Waals surface area contributed by atoms with Gasteiger partial charge in [-0.05, 0) is 19.4 Å². The Morgan fingerprint density at radius 3 is 2.72 bits per heavy atom. The maximum atomic E-state index is 11.5. The molecule has 0 spiro atoms. The van der Waals surface area contributed by atoms with Crippen molar-refractivity contribution in [1.29, 1.82) is 0 Å². The molecule has 0 heterocycles. The number of aliphatic carboxylic acids is 1. The molecule has 0 radical (unpaired) electrons. The van der Waals surface area contributed by atoms with Crippen molar-refractivity contribution in [2.75, 3.05) is 13.2 Å². The van der Waals surface area contributed by atoms with Gasteiger partial charge in [0.15, 0.2) is 0 Å². The number of carbonyl (C=O) groups excluding carboxylic acids is 1. The highest BCUT2D eigenvalue weighted by molar-refractivity contribution is 5.78. The number of ether oxygens (including phenoxy) is 1. The predicted octanol–water partition coefficient (Wildman–Crippen LogP) is 1.27. The van der Waals surface area contributed by atoms with Crippen LogP contribution in [0.1, 0.15) is 24.1 Å². The normalized spacial score (nSPS) is 11.9. The van der Waals surface area contributed by atoms with E-state index in [4.69, 9.17) is 9.84 Å². The van der Waals surface area contributed by atoms with Gasteiger partial charge in [0.2, 0.25) is 5.91 Å². The van der Waals surface area contributed by atoms with Crippen molar-refractivity contribution in [2.45, 2.75) is 19.9 Å². The van der Waals surface area contributed by atoms with Gasteiger partial charge in [0.1, 0.15) is 13.2 Å². The summed E-state index contributed by atoms with van der Waals surface area (Å²) in [5, 5.41) is 11.1. The lowest BCUT2D eigenvalue weighted by atomic mass is 10.1. The van der Waals surface area contributed by atoms with Gasteiger partial charge in [0.25, 0.3) is 0 Å². The maximum Gasteiger partial charge on any atom is 0.329 e. The fourth-order valence-corrected chi connectivity index (χ4v) is 1.54. The molecule has 1 aromatic carbocycles. The quantitative estimate of drug-likeness (QED) is 0.798. The van der Waals surface area contributed by atoms with Crippen LogP contribution in [-0.4, -0.2) is 30.2 Å². The van der Waals surface area contributed by atoms with Crippen molar-refractivity contribution < 1.29 is 19.4 Å². The van der Waals surface area contributed by atoms with E-state index in [0.717, 1.165) is 11.1 Å². The Bertz CT molecular complexity index is 431. The molecule has 0 aliphatic heterocycles. The van der Waals surface area contributed by atoms with Gasteiger partial charge in [-0.2, -0.15) is 0 Å². The van der Waals surface area contributed by atoms with Gasteiger partial charge in [-0.3, -0.25) is 4.79 Å². The molecule has 0 saturated heterocycles. The Morgan fingerprint density at radius 2 is 2.11 bits per heavy atom. The van der Waals surface area contributed by atoms with Crippen LogP contribution >= 0.6 is 0 Å². The number of carboxylic acids is 1. The Kier molecular flexibility index (Phi) is 5.32. The minimum absolute atomic E-state index is 0.133. The highest BCUT2D eigenvalue weighted by Gasteiger charge is 2.10. The molecule has 0 bridgehead atoms. The second kappa shape index (κ2) is 6.76. The van der Waals surface area contributed by atoms with E-state index < -0.39 is 12.6 Å². The summed E-state index contributed by atoms with van der Waals surface area (Å²) >= 11 is 0. The molecule has 0 fully saturated rings. The summed E-state index contributed by atoms with van der Waals surface area (Å²) in [6, 6.07) is 7.69. The number of benzene rings is 1. The molecule has 0 unspecified atom stereocenters. The fraction of sp³-hybridized carbons (Fsp3) is 0.385. The molecule has 5 nitrogen and oxygen atoms in total. The SMILES string of the molecule is Cc1cccc([C@H](C)NC(=O)COCC(=O)O)c1. The Balaban J connectivity index is 2.42. The Hall–Kier alpha value is -1.88. The molecule has 98 valence electrons. The van der Waals surface area contributed by atoms with Gasteiger partial charge in [-0.25, -0.2) is 4.79 Å². The van der Waals surface area contributed by atoms with Crippen molar-refractivity contribution in [1.82, 2.24) is 5.32 Å². The molecule has 0 aliphatic rings. The van der Waals surface area contributed by atoms with Crippen LogP contribution in [0.25, 0.3) is 0 Å². The van der Waals surface area contributed by atoms with Crippen molar-refractivity contribution in [3.05, 3.63) is 35.4 Å². The molecule has 1 aromatic rings. The van der Waals surface area contributed by atoms with Crippen molar-refractivity contribution in [3.8, 4) is 0 Å². The third-order valence-corrected chi connectivity index (χ3v) is 2.38. The average molecular weight is 251 g/mol. The first-order valence-corrected chi connectivity index (χ1v) is 5.64. The Labute approximate surface area is 106 Å². The van der Waals surface area contributed by atoms with Gasteiger partial charge < -0.3 is 15.2 Å². The maximum absolute atomic E-state index is 11.5. The van der Waals surface area contributed by atoms with Crippen LogP contribution < -0.4 is 5.32 Å². The number of aryl methyl sites for hydroxylation is 1. The zero-order valence-corrected chi connectivity index (χ0v) is 10.5. The van der Waals surface area contributed by atoms with Crippen LogP contribution in [0.5, 0.6) is 0 Å². The first-order valence-electron chi connectivity index (χ1n) is 5.64. The fourth-order valence-electron chi connectivity index (χ4n) is 1.54. The van der Waals surface area contributed by atoms with Crippen LogP contribution in [0.2, 0.25) is 0 Å². The van der Waals surface area contributed by atoms with Gasteiger partial charge in [0, 0.05) is 0 Å². The molecule has 0 aromatic heterocycles. The number of hydrogen-bond acceptors (Lipinski definition) is 3. The number of carbonyl (C=O) groups is 2. The van der Waals surface area contributed by atoms with Crippen LogP contribution in [0.4, 0.5) is 0 Å². The third kappa shape index (κ3) is 4.97. The van der Waals surface area contributed by atoms with Crippen LogP contribution in [0.3, 0.4) is 0 Å². The average Bonchev–Trinajstić information content (AvgIpc) is 2.28. The van der Waals surface area contributed by atoms with Gasteiger partial charge >= 0.3 is 5.97 Å². The Morgan fingerprint density at radius 1 is 1.39 bits per heavy atom. The van der Waals surface area contributed by atoms with Gasteiger partial charge in [-0.1, -0.05) is 29.8 Å². The van der Waals surface area contributed by atoms with E-state index in [-0.39, 0.29) is 18.6 Å². The largest absolute Gasteiger partial charge is 0.480 e. The van der Waals surface area contributed by atoms with Crippen LogP contribution in [0, 0.1) is 6.92 Å². The smallest absolute Gasteiger partial charge is 0.329 e. The second-order valence-electron chi connectivity index (χ2n) is 4.09. The zero-order valence-electron chi connectivity index (χ0n) is 10.5. The molecule has 18 heavy (non-hydrogen) atoms. The molecular weight excluding hydrogens is 234 g/mol. The molecule has 2 N–H and O–H groups in total. The van der Waals surface area contributed by atoms with Gasteiger partial charge in [-0.15, -0.1) is 0 Å². The highest BCUT2D eigenvalue weighted by atomic mass is 16.5. The molecule has 0 aliphatic carbocycles. The summed E-state index contributed by atoms with van der Waals surface area (Å²) in [5.74, 6) is -1.42. The van der Waals surface area contributed by atoms with E-state index in [1.165, 1.54) is 0 Å². The summed E-state index contributed by atoms with van der Waals surface area (Å²) < 4.78 is 4.71. The van der Waals surface area contributed by atoms with E-state index in [1.807, 2.05) is 38.1 Å². The van der Waals surface area contributed by atoms with E-state index in [0.29, 0.717) is 0 Å². The lowest BCUT2D eigenvalue weighted by Gasteiger charge is -2.14. The zero-order chi connectivity index (χ0) is 13.5. The minimum atomic E-state index is -1.09. The summed E-state index contributed by atoms with van der Waals surface area (Å²) in [6.45, 7) is 3.13. The summed E-state index contributed by atoms with van der Waals surface area (Å²) in [6.07, 6.45) is 0. The molecule has 0 saturated carbocycles. The highest BCUT2D eigenvalue weighted by Crippen LogP contribution is 2.13. The van der Waals surface area contributed by atoms with E-state index in [9.17, 15) is 9.59 Å². The predicted molar refractivity (Wildman–Crippen MR) is 66.2 cm³/mol. The number of carboxylic acid groups (broad SMARTS) is 1. The minimum Gasteiger partial charge on any atom is -0.480 e. The topological polar surface area (TPSA) is 75.6 Å². The molecular formula is C13H17NO4. The van der Waals surface area contributed by atoms with Crippen molar-refractivity contribution >= 4 is 11.9 Å². The van der Waals surface area contributed by atoms with Gasteiger partial charge in [0.05, 0.1) is 6.04 Å². The summed E-state index contributed by atoms with van der Waals surface area (Å²) in [4.78, 5) is 21.7. The molecule has 1 rings (SSSR count). The number of amides is 1. The lowest BCUT2D eigenvalue weighted by Crippen LogP contribution is -2.30. The van der Waals surface area contributed by atoms with E-state index in [1.54, 1.807) is 0 Å². The van der Waals surface area contributed by atoms with Crippen molar-refractivity contribution in [2.24, 2.45) is 0 Å². The van der Waals surface area contributed by atoms with Crippen molar-refractivity contribution in [3.63, 3.8) is 0 Å². The molecule has 1 atom stereocenters. The number of rotatable bonds is 6. The number of nitrogens with one attached hydrogen (secondary N) is 1. The van der Waals surface area contributed by atoms with E-state index in [2.05, 4.69) is 5.32 Å². The lowest BCUT2D eigenvalue weighted by molar-refractivity contribution is -0.143. The summed E-state index contributed by atoms with van der Waals surface area (Å²) in [5.41, 5.74) is 2.12. The molecule has 5 heteroatoms. The standard InChI is InChI=1S/C13H17NO4/c1-9-4-3-5-11(6-9)10(2)14-12(15)7-18-8-13(16)17/h3-6,10H,7-8H2,1-2H3,(H,14,15)(H,16,17)/t10-/m0/s1. The third-order valence-electron chi connectivity index (χ3n) is 2.38. The van der Waals surface area contributed by atoms with E-state index >= 15 is 0 Å². The number of hydrogen-bond donors (Lipinski definition) is 2. The van der Waals surface area contributed by atoms with Crippen LogP contribution in [0.15, 0.2) is 24.3 Å². The second-order valence-corrected chi connectivity index (χ2v) is 4.09.